The number of nitrogens with one attached hydrogen (secondary N) is 2. The highest BCUT2D eigenvalue weighted by Crippen LogP contribution is 2.35. The maximum Gasteiger partial charge on any atom is 0.270 e. The van der Waals surface area contributed by atoms with Gasteiger partial charge in [-0.2, -0.15) is 0 Å². The first-order chi connectivity index (χ1) is 17.6. The number of nitrogens with zero attached hydrogens (tertiary/aromatic N) is 1. The fourth-order valence-corrected chi connectivity index (χ4v) is 4.61. The van der Waals surface area contributed by atoms with Crippen LogP contribution in [-0.4, -0.2) is 29.4 Å². The Morgan fingerprint density at radius 3 is 2.38 bits per heavy atom. The van der Waals surface area contributed by atoms with Crippen LogP contribution in [0.4, 0.5) is 11.4 Å². The molecule has 3 amide bonds. The molecular weight excluding hydrogens is 533 g/mol. The highest BCUT2D eigenvalue weighted by atomic mass is 35.5. The zero-order valence-electron chi connectivity index (χ0n) is 19.8. The first kappa shape index (κ1) is 26.3. The first-order valence-electron chi connectivity index (χ1n) is 11.1. The zero-order valence-corrected chi connectivity index (χ0v) is 22.1. The fourth-order valence-electron chi connectivity index (χ4n) is 3.71. The second-order valence-corrected chi connectivity index (χ2v) is 9.46. The molecule has 0 aliphatic carbocycles. The second-order valence-electron chi connectivity index (χ2n) is 8.26. The van der Waals surface area contributed by atoms with Crippen LogP contribution in [0.1, 0.15) is 16.7 Å². The summed E-state index contributed by atoms with van der Waals surface area (Å²) >= 11 is 17.9. The predicted molar refractivity (Wildman–Crippen MR) is 149 cm³/mol. The number of halogens is 2. The Kier molecular flexibility index (Phi) is 7.92. The minimum atomic E-state index is -0.641. The van der Waals surface area contributed by atoms with E-state index in [9.17, 15) is 14.4 Å². The van der Waals surface area contributed by atoms with Gasteiger partial charge in [0.25, 0.3) is 17.7 Å². The smallest absolute Gasteiger partial charge is 0.270 e. The van der Waals surface area contributed by atoms with Crippen LogP contribution in [0.2, 0.25) is 10.0 Å². The van der Waals surface area contributed by atoms with Gasteiger partial charge in [0.2, 0.25) is 0 Å². The lowest BCUT2D eigenvalue weighted by Crippen LogP contribution is -2.54. The van der Waals surface area contributed by atoms with Gasteiger partial charge in [-0.3, -0.25) is 24.6 Å². The summed E-state index contributed by atoms with van der Waals surface area (Å²) in [5, 5.41) is 5.51. The van der Waals surface area contributed by atoms with Crippen LogP contribution in [0, 0.1) is 13.8 Å². The van der Waals surface area contributed by atoms with Gasteiger partial charge in [-0.1, -0.05) is 59.1 Å². The Morgan fingerprint density at radius 1 is 1.05 bits per heavy atom. The molecule has 188 valence electrons. The molecule has 0 unspecified atom stereocenters. The largest absolute Gasteiger partial charge is 0.481 e. The predicted octanol–water partition coefficient (Wildman–Crippen LogP) is 5.46. The summed E-state index contributed by atoms with van der Waals surface area (Å²) in [7, 11) is 0. The quantitative estimate of drug-likeness (QED) is 0.240. The van der Waals surface area contributed by atoms with Crippen molar-refractivity contribution in [2.24, 2.45) is 0 Å². The van der Waals surface area contributed by atoms with E-state index >= 15 is 0 Å². The lowest BCUT2D eigenvalue weighted by Gasteiger charge is -2.28. The number of hydrogen-bond acceptors (Lipinski definition) is 5. The molecule has 0 saturated carbocycles. The summed E-state index contributed by atoms with van der Waals surface area (Å²) in [6, 6.07) is 17.4. The van der Waals surface area contributed by atoms with E-state index in [4.69, 9.17) is 40.2 Å². The van der Waals surface area contributed by atoms with Crippen LogP contribution in [0.25, 0.3) is 6.08 Å². The van der Waals surface area contributed by atoms with E-state index in [2.05, 4.69) is 10.6 Å². The number of thiocarbonyl (C=S) groups is 1. The molecule has 3 aromatic carbocycles. The molecule has 1 heterocycles. The number of ether oxygens (including phenoxy) is 1. The molecule has 1 saturated heterocycles. The number of para-hydroxylation sites is 1. The Labute approximate surface area is 229 Å². The highest BCUT2D eigenvalue weighted by Gasteiger charge is 2.34. The first-order valence-corrected chi connectivity index (χ1v) is 12.3. The van der Waals surface area contributed by atoms with Crippen molar-refractivity contribution >= 4 is 75.7 Å². The number of amides is 3. The Bertz CT molecular complexity index is 1430. The fraction of sp³-hybridized carbons (Fsp3) is 0.111. The molecule has 1 aliphatic heterocycles. The lowest BCUT2D eigenvalue weighted by molar-refractivity contribution is -0.122. The summed E-state index contributed by atoms with van der Waals surface area (Å²) in [4.78, 5) is 39.3. The Hall–Kier alpha value is -3.72. The van der Waals surface area contributed by atoms with Gasteiger partial charge in [-0.05, 0) is 73.6 Å². The summed E-state index contributed by atoms with van der Waals surface area (Å²) in [5.41, 5.74) is 3.45. The molecule has 0 bridgehead atoms. The van der Waals surface area contributed by atoms with E-state index in [-0.39, 0.29) is 39.0 Å². The number of benzene rings is 3. The average Bonchev–Trinajstić information content (AvgIpc) is 2.83. The third-order valence-corrected chi connectivity index (χ3v) is 6.30. The molecule has 37 heavy (non-hydrogen) atoms. The van der Waals surface area contributed by atoms with Crippen LogP contribution in [-0.2, 0) is 14.4 Å². The van der Waals surface area contributed by atoms with Crippen molar-refractivity contribution < 1.29 is 19.1 Å². The molecule has 1 fully saturated rings. The van der Waals surface area contributed by atoms with Gasteiger partial charge in [-0.15, -0.1) is 0 Å². The molecule has 3 aromatic rings. The number of carbonyl (C=O) groups is 3. The zero-order chi connectivity index (χ0) is 26.7. The number of carbonyl (C=O) groups excluding carboxylic acids is 3. The van der Waals surface area contributed by atoms with Crippen LogP contribution in [0.5, 0.6) is 5.75 Å². The second kappa shape index (κ2) is 11.1. The van der Waals surface area contributed by atoms with E-state index in [1.54, 1.807) is 30.3 Å². The van der Waals surface area contributed by atoms with Gasteiger partial charge in [0.15, 0.2) is 17.5 Å². The van der Waals surface area contributed by atoms with Crippen LogP contribution < -0.4 is 20.3 Å². The third kappa shape index (κ3) is 5.99. The van der Waals surface area contributed by atoms with Crippen molar-refractivity contribution in [2.75, 3.05) is 16.8 Å². The molecule has 0 atom stereocenters. The summed E-state index contributed by atoms with van der Waals surface area (Å²) in [6.45, 7) is 3.54. The van der Waals surface area contributed by atoms with Crippen LogP contribution in [0.15, 0.2) is 66.2 Å². The third-order valence-electron chi connectivity index (χ3n) is 5.45. The molecule has 2 N–H and O–H groups in total. The minimum Gasteiger partial charge on any atom is -0.481 e. The lowest BCUT2D eigenvalue weighted by atomic mass is 10.1. The molecule has 10 heteroatoms. The number of hydrogen-bond donors (Lipinski definition) is 2. The summed E-state index contributed by atoms with van der Waals surface area (Å²) < 4.78 is 5.57. The van der Waals surface area contributed by atoms with Crippen molar-refractivity contribution in [3.05, 3.63) is 93.0 Å². The summed E-state index contributed by atoms with van der Waals surface area (Å²) in [5.74, 6) is -1.51. The minimum absolute atomic E-state index is 0.0164. The van der Waals surface area contributed by atoms with Crippen LogP contribution >= 0.6 is 35.4 Å². The standard InChI is InChI=1S/C27H21Cl2N3O4S/c1-15-8-9-22(16(2)10-15)30-23(33)14-36-24-20(28)12-17(13-21(24)29)11-19-25(34)31-27(37)32(26(19)35)18-6-4-3-5-7-18/h3-13H,14H2,1-2H3,(H,30,33)(H,31,34,37)/b19-11-. The summed E-state index contributed by atoms with van der Waals surface area (Å²) in [6.07, 6.45) is 1.36. The molecule has 0 aromatic heterocycles. The van der Waals surface area contributed by atoms with Crippen molar-refractivity contribution in [2.45, 2.75) is 13.8 Å². The van der Waals surface area contributed by atoms with Crippen molar-refractivity contribution in [3.63, 3.8) is 0 Å². The Balaban J connectivity index is 1.51. The van der Waals surface area contributed by atoms with E-state index in [1.807, 2.05) is 32.0 Å². The molecule has 1 aliphatic rings. The van der Waals surface area contributed by atoms with Gasteiger partial charge >= 0.3 is 0 Å². The van der Waals surface area contributed by atoms with Gasteiger partial charge in [0.1, 0.15) is 5.57 Å². The van der Waals surface area contributed by atoms with E-state index < -0.39 is 11.8 Å². The maximum absolute atomic E-state index is 13.1. The maximum atomic E-state index is 13.1. The highest BCUT2D eigenvalue weighted by molar-refractivity contribution is 7.80. The van der Waals surface area contributed by atoms with Crippen molar-refractivity contribution in [3.8, 4) is 5.75 Å². The molecule has 7 nitrogen and oxygen atoms in total. The van der Waals surface area contributed by atoms with Gasteiger partial charge in [0, 0.05) is 5.69 Å². The number of aryl methyl sites for hydroxylation is 2. The van der Waals surface area contributed by atoms with Crippen LogP contribution in [0.3, 0.4) is 0 Å². The van der Waals surface area contributed by atoms with Crippen molar-refractivity contribution in [1.82, 2.24) is 5.32 Å². The molecule has 0 radical (unpaired) electrons. The molecular formula is C27H21Cl2N3O4S. The topological polar surface area (TPSA) is 87.7 Å². The van der Waals surface area contributed by atoms with Crippen molar-refractivity contribution in [1.29, 1.82) is 0 Å². The van der Waals surface area contributed by atoms with Gasteiger partial charge in [0.05, 0.1) is 15.7 Å². The molecule has 0 spiro atoms. The number of rotatable bonds is 6. The SMILES string of the molecule is Cc1ccc(NC(=O)COc2c(Cl)cc(/C=C3/C(=O)NC(=S)N(c4ccccc4)C3=O)cc2Cl)c(C)c1. The number of anilines is 2. The Morgan fingerprint density at radius 2 is 1.73 bits per heavy atom. The van der Waals surface area contributed by atoms with E-state index in [0.29, 0.717) is 16.9 Å². The average molecular weight is 554 g/mol. The van der Waals surface area contributed by atoms with E-state index in [0.717, 1.165) is 11.1 Å². The van der Waals surface area contributed by atoms with Gasteiger partial charge in [-0.25, -0.2) is 0 Å². The normalized spacial score (nSPS) is 14.5. The monoisotopic (exact) mass is 553 g/mol. The molecule has 4 rings (SSSR count). The van der Waals surface area contributed by atoms with Gasteiger partial charge < -0.3 is 10.1 Å². The van der Waals surface area contributed by atoms with E-state index in [1.165, 1.54) is 23.1 Å².